The fraction of sp³-hybridized carbons (Fsp3) is 1.00. The lowest BCUT2D eigenvalue weighted by atomic mass is 9.86. The molecule has 0 aliphatic heterocycles. The molecular weight excluding hydrogens is 158 g/mol. The summed E-state index contributed by atoms with van der Waals surface area (Å²) in [6.07, 6.45) is 7.06. The van der Waals surface area contributed by atoms with Crippen molar-refractivity contribution in [2.45, 2.75) is 58.9 Å². The Labute approximate surface area is 83.3 Å². The molecule has 1 N–H and O–H groups in total. The Bertz CT molecular complexity index is 146. The van der Waals surface area contributed by atoms with Crippen LogP contribution >= 0.6 is 0 Å². The third-order valence-corrected chi connectivity index (χ3v) is 3.25. The summed E-state index contributed by atoms with van der Waals surface area (Å²) < 4.78 is 0. The minimum Gasteiger partial charge on any atom is -0.317 e. The maximum Gasteiger partial charge on any atom is 0.00668 e. The van der Waals surface area contributed by atoms with Gasteiger partial charge in [0.05, 0.1) is 0 Å². The Kier molecular flexibility index (Phi) is 3.78. The number of nitrogens with one attached hydrogen (secondary N) is 1. The van der Waals surface area contributed by atoms with E-state index >= 15 is 0 Å². The molecule has 0 saturated heterocycles. The summed E-state index contributed by atoms with van der Waals surface area (Å²) in [6.45, 7) is 7.03. The summed E-state index contributed by atoms with van der Waals surface area (Å²) in [5.74, 6) is 0.997. The van der Waals surface area contributed by atoms with Gasteiger partial charge in [-0.15, -0.1) is 0 Å². The molecule has 2 unspecified atom stereocenters. The van der Waals surface area contributed by atoms with Gasteiger partial charge >= 0.3 is 0 Å². The highest BCUT2D eigenvalue weighted by atomic mass is 14.9. The third-order valence-electron chi connectivity index (χ3n) is 3.25. The second-order valence-corrected chi connectivity index (χ2v) is 5.76. The lowest BCUT2D eigenvalue weighted by Crippen LogP contribution is -2.21. The molecule has 0 bridgehead atoms. The second kappa shape index (κ2) is 4.45. The molecule has 1 aliphatic carbocycles. The van der Waals surface area contributed by atoms with Gasteiger partial charge in [0, 0.05) is 6.04 Å². The van der Waals surface area contributed by atoms with Gasteiger partial charge in [0.2, 0.25) is 0 Å². The highest BCUT2D eigenvalue weighted by Crippen LogP contribution is 2.32. The quantitative estimate of drug-likeness (QED) is 0.708. The molecule has 1 saturated carbocycles. The Morgan fingerprint density at radius 3 is 2.38 bits per heavy atom. The van der Waals surface area contributed by atoms with Gasteiger partial charge in [0.25, 0.3) is 0 Å². The largest absolute Gasteiger partial charge is 0.317 e. The molecule has 0 radical (unpaired) electrons. The molecule has 0 aromatic rings. The maximum atomic E-state index is 3.39. The van der Waals surface area contributed by atoms with Gasteiger partial charge in [-0.2, -0.15) is 0 Å². The first-order valence-corrected chi connectivity index (χ1v) is 5.68. The van der Waals surface area contributed by atoms with Crippen molar-refractivity contribution < 1.29 is 0 Å². The smallest absolute Gasteiger partial charge is 0.00668 e. The molecule has 1 aliphatic rings. The van der Waals surface area contributed by atoms with Crippen molar-refractivity contribution in [2.24, 2.45) is 11.3 Å². The average Bonchev–Trinajstić information content (AvgIpc) is 2.47. The van der Waals surface area contributed by atoms with Gasteiger partial charge in [0.1, 0.15) is 0 Å². The lowest BCUT2D eigenvalue weighted by molar-refractivity contribution is 0.321. The van der Waals surface area contributed by atoms with E-state index < -0.39 is 0 Å². The molecule has 0 aromatic heterocycles. The minimum atomic E-state index is 0.526. The maximum absolute atomic E-state index is 3.39. The van der Waals surface area contributed by atoms with Crippen LogP contribution in [0.5, 0.6) is 0 Å². The number of hydrogen-bond acceptors (Lipinski definition) is 1. The summed E-state index contributed by atoms with van der Waals surface area (Å²) in [5, 5.41) is 3.39. The van der Waals surface area contributed by atoms with Gasteiger partial charge in [-0.05, 0) is 50.5 Å². The van der Waals surface area contributed by atoms with Gasteiger partial charge in [-0.1, -0.05) is 20.8 Å². The molecule has 2 atom stereocenters. The number of hydrogen-bond donors (Lipinski definition) is 1. The summed E-state index contributed by atoms with van der Waals surface area (Å²) in [5.41, 5.74) is 0.526. The molecule has 0 heterocycles. The number of rotatable bonds is 3. The van der Waals surface area contributed by atoms with E-state index in [-0.39, 0.29) is 0 Å². The van der Waals surface area contributed by atoms with Crippen LogP contribution in [0.15, 0.2) is 0 Å². The predicted molar refractivity (Wildman–Crippen MR) is 58.9 cm³/mol. The topological polar surface area (TPSA) is 12.0 Å². The Balaban J connectivity index is 2.17. The van der Waals surface area contributed by atoms with Crippen LogP contribution in [0, 0.1) is 11.3 Å². The van der Waals surface area contributed by atoms with Crippen LogP contribution in [0.3, 0.4) is 0 Å². The monoisotopic (exact) mass is 183 g/mol. The lowest BCUT2D eigenvalue weighted by Gasteiger charge is -2.20. The summed E-state index contributed by atoms with van der Waals surface area (Å²) >= 11 is 0. The van der Waals surface area contributed by atoms with Crippen molar-refractivity contribution in [3.63, 3.8) is 0 Å². The molecular formula is C12H25N. The fourth-order valence-corrected chi connectivity index (χ4v) is 2.24. The van der Waals surface area contributed by atoms with Crippen molar-refractivity contribution >= 4 is 0 Å². The van der Waals surface area contributed by atoms with Crippen LogP contribution in [0.1, 0.15) is 52.9 Å². The van der Waals surface area contributed by atoms with E-state index in [0.717, 1.165) is 12.0 Å². The molecule has 0 aromatic carbocycles. The van der Waals surface area contributed by atoms with Gasteiger partial charge in [-0.3, -0.25) is 0 Å². The van der Waals surface area contributed by atoms with Crippen LogP contribution in [-0.4, -0.2) is 13.1 Å². The summed E-state index contributed by atoms with van der Waals surface area (Å²) in [7, 11) is 2.09. The van der Waals surface area contributed by atoms with E-state index in [1.807, 2.05) is 0 Å². The first kappa shape index (κ1) is 11.0. The van der Waals surface area contributed by atoms with E-state index in [9.17, 15) is 0 Å². The minimum absolute atomic E-state index is 0.526. The molecule has 0 amide bonds. The van der Waals surface area contributed by atoms with E-state index in [4.69, 9.17) is 0 Å². The average molecular weight is 183 g/mol. The summed E-state index contributed by atoms with van der Waals surface area (Å²) in [6, 6.07) is 0.810. The molecule has 1 heteroatoms. The standard InChI is InChI=1S/C12H25N/c1-12(2,3)8-7-10-5-6-11(9-10)13-4/h10-11,13H,5-9H2,1-4H3. The molecule has 13 heavy (non-hydrogen) atoms. The third kappa shape index (κ3) is 4.12. The zero-order valence-corrected chi connectivity index (χ0v) is 9.69. The normalized spacial score (nSPS) is 29.5. The van der Waals surface area contributed by atoms with E-state index in [1.54, 1.807) is 0 Å². The van der Waals surface area contributed by atoms with Crippen molar-refractivity contribution in [1.29, 1.82) is 0 Å². The van der Waals surface area contributed by atoms with Crippen LogP contribution in [0.2, 0.25) is 0 Å². The zero-order valence-electron chi connectivity index (χ0n) is 9.69. The molecule has 1 rings (SSSR count). The van der Waals surface area contributed by atoms with Crippen molar-refractivity contribution in [2.75, 3.05) is 7.05 Å². The summed E-state index contributed by atoms with van der Waals surface area (Å²) in [4.78, 5) is 0. The van der Waals surface area contributed by atoms with Crippen LogP contribution in [-0.2, 0) is 0 Å². The van der Waals surface area contributed by atoms with Crippen molar-refractivity contribution in [1.82, 2.24) is 5.32 Å². The SMILES string of the molecule is CNC1CCC(CCC(C)(C)C)C1. The first-order chi connectivity index (χ1) is 6.01. The zero-order chi connectivity index (χ0) is 9.90. The van der Waals surface area contributed by atoms with E-state index in [0.29, 0.717) is 5.41 Å². The Hall–Kier alpha value is -0.0400. The van der Waals surface area contributed by atoms with Crippen molar-refractivity contribution in [3.05, 3.63) is 0 Å². The van der Waals surface area contributed by atoms with Crippen molar-refractivity contribution in [3.8, 4) is 0 Å². The molecule has 1 fully saturated rings. The molecule has 1 nitrogen and oxygen atoms in total. The van der Waals surface area contributed by atoms with E-state index in [2.05, 4.69) is 33.1 Å². The van der Waals surface area contributed by atoms with Crippen LogP contribution in [0.4, 0.5) is 0 Å². The fourth-order valence-electron chi connectivity index (χ4n) is 2.24. The molecule has 78 valence electrons. The predicted octanol–water partition coefficient (Wildman–Crippen LogP) is 3.20. The van der Waals surface area contributed by atoms with Gasteiger partial charge in [-0.25, -0.2) is 0 Å². The van der Waals surface area contributed by atoms with Crippen LogP contribution in [0.25, 0.3) is 0 Å². The van der Waals surface area contributed by atoms with E-state index in [1.165, 1.54) is 32.1 Å². The second-order valence-electron chi connectivity index (χ2n) is 5.76. The Morgan fingerprint density at radius 2 is 1.92 bits per heavy atom. The highest BCUT2D eigenvalue weighted by Gasteiger charge is 2.24. The van der Waals surface area contributed by atoms with Gasteiger partial charge in [0.15, 0.2) is 0 Å². The first-order valence-electron chi connectivity index (χ1n) is 5.68. The Morgan fingerprint density at radius 1 is 1.23 bits per heavy atom. The van der Waals surface area contributed by atoms with Crippen LogP contribution < -0.4 is 5.32 Å². The molecule has 0 spiro atoms. The van der Waals surface area contributed by atoms with Gasteiger partial charge < -0.3 is 5.32 Å². The highest BCUT2D eigenvalue weighted by molar-refractivity contribution is 4.80.